The van der Waals surface area contributed by atoms with Crippen LogP contribution >= 0.6 is 0 Å². The van der Waals surface area contributed by atoms with E-state index in [9.17, 15) is 4.79 Å². The summed E-state index contributed by atoms with van der Waals surface area (Å²) in [6.45, 7) is 1.78. The number of pyridine rings is 1. The molecule has 0 saturated heterocycles. The molecule has 0 spiro atoms. The molecule has 1 heterocycles. The number of nitrogens with two attached hydrogens (primary N) is 1. The van der Waals surface area contributed by atoms with Gasteiger partial charge in [-0.2, -0.15) is 0 Å². The number of nitrogen functional groups attached to an aromatic ring is 1. The summed E-state index contributed by atoms with van der Waals surface area (Å²) in [6, 6.07) is 3.46. The van der Waals surface area contributed by atoms with Crippen molar-refractivity contribution in [1.82, 2.24) is 10.3 Å². The highest BCUT2D eigenvalue weighted by Gasteiger charge is 1.87. The van der Waals surface area contributed by atoms with Crippen LogP contribution in [0, 0.1) is 11.8 Å². The standard InChI is InChI=1S/C10H11N3O/c1-8(14)12-6-2-3-10-5-4-9(11)7-13-10/h4-5,7H,6,11H2,1H3,(H,12,14). The number of amides is 1. The number of rotatable bonds is 1. The number of hydrogen-bond donors (Lipinski definition) is 2. The van der Waals surface area contributed by atoms with Gasteiger partial charge in [0.2, 0.25) is 5.91 Å². The van der Waals surface area contributed by atoms with Crippen LogP contribution in [0.25, 0.3) is 0 Å². The molecule has 1 rings (SSSR count). The minimum absolute atomic E-state index is 0.0930. The second-order valence-corrected chi connectivity index (χ2v) is 2.69. The van der Waals surface area contributed by atoms with Crippen LogP contribution in [0.3, 0.4) is 0 Å². The monoisotopic (exact) mass is 189 g/mol. The van der Waals surface area contributed by atoms with E-state index >= 15 is 0 Å². The third kappa shape index (κ3) is 3.59. The van der Waals surface area contributed by atoms with Gasteiger partial charge in [0, 0.05) is 6.92 Å². The lowest BCUT2D eigenvalue weighted by molar-refractivity contribution is -0.118. The van der Waals surface area contributed by atoms with E-state index in [0.717, 1.165) is 0 Å². The van der Waals surface area contributed by atoms with E-state index in [-0.39, 0.29) is 5.91 Å². The molecule has 1 aromatic heterocycles. The first-order valence-corrected chi connectivity index (χ1v) is 4.13. The largest absolute Gasteiger partial charge is 0.397 e. The highest BCUT2D eigenvalue weighted by molar-refractivity contribution is 5.73. The maximum absolute atomic E-state index is 10.5. The lowest BCUT2D eigenvalue weighted by Gasteiger charge is -1.92. The fourth-order valence-corrected chi connectivity index (χ4v) is 0.783. The van der Waals surface area contributed by atoms with Gasteiger partial charge in [-0.15, -0.1) is 0 Å². The number of carbonyl (C=O) groups excluding carboxylic acids is 1. The summed E-state index contributed by atoms with van der Waals surface area (Å²) in [5.74, 6) is 5.47. The first-order valence-electron chi connectivity index (χ1n) is 4.13. The zero-order valence-corrected chi connectivity index (χ0v) is 7.87. The Hall–Kier alpha value is -2.02. The fourth-order valence-electron chi connectivity index (χ4n) is 0.783. The molecule has 0 atom stereocenters. The zero-order chi connectivity index (χ0) is 10.4. The molecule has 1 aromatic rings. The number of carbonyl (C=O) groups is 1. The number of nitrogens with zero attached hydrogens (tertiary/aromatic N) is 1. The number of hydrogen-bond acceptors (Lipinski definition) is 3. The minimum atomic E-state index is -0.0930. The Morgan fingerprint density at radius 1 is 1.64 bits per heavy atom. The van der Waals surface area contributed by atoms with Crippen LogP contribution in [0.15, 0.2) is 18.3 Å². The molecule has 0 radical (unpaired) electrons. The van der Waals surface area contributed by atoms with Crippen LogP contribution in [-0.2, 0) is 4.79 Å². The minimum Gasteiger partial charge on any atom is -0.397 e. The molecule has 0 unspecified atom stereocenters. The van der Waals surface area contributed by atoms with Crippen molar-refractivity contribution in [3.8, 4) is 11.8 Å². The SMILES string of the molecule is CC(=O)NCC#Cc1ccc(N)cn1. The summed E-state index contributed by atoms with van der Waals surface area (Å²) < 4.78 is 0. The normalized spacial score (nSPS) is 8.64. The van der Waals surface area contributed by atoms with Crippen molar-refractivity contribution < 1.29 is 4.79 Å². The summed E-state index contributed by atoms with van der Waals surface area (Å²) in [7, 11) is 0. The van der Waals surface area contributed by atoms with E-state index in [1.807, 2.05) is 0 Å². The van der Waals surface area contributed by atoms with Crippen molar-refractivity contribution in [2.75, 3.05) is 12.3 Å². The summed E-state index contributed by atoms with van der Waals surface area (Å²) in [5, 5.41) is 2.56. The molecule has 0 aliphatic carbocycles. The quantitative estimate of drug-likeness (QED) is 0.618. The highest BCUT2D eigenvalue weighted by atomic mass is 16.1. The van der Waals surface area contributed by atoms with Gasteiger partial charge in [0.05, 0.1) is 18.4 Å². The Labute approximate surface area is 82.5 Å². The van der Waals surface area contributed by atoms with Crippen molar-refractivity contribution in [1.29, 1.82) is 0 Å². The van der Waals surface area contributed by atoms with Gasteiger partial charge in [0.25, 0.3) is 0 Å². The van der Waals surface area contributed by atoms with E-state index < -0.39 is 0 Å². The average Bonchev–Trinajstić information content (AvgIpc) is 2.15. The molecule has 14 heavy (non-hydrogen) atoms. The Morgan fingerprint density at radius 3 is 3.00 bits per heavy atom. The smallest absolute Gasteiger partial charge is 0.217 e. The molecule has 0 saturated carbocycles. The molecule has 0 aliphatic heterocycles. The van der Waals surface area contributed by atoms with Gasteiger partial charge in [0.15, 0.2) is 0 Å². The van der Waals surface area contributed by atoms with Crippen LogP contribution in [0.4, 0.5) is 5.69 Å². The van der Waals surface area contributed by atoms with Crippen LogP contribution in [0.5, 0.6) is 0 Å². The van der Waals surface area contributed by atoms with Crippen molar-refractivity contribution in [2.24, 2.45) is 0 Å². The van der Waals surface area contributed by atoms with Crippen LogP contribution < -0.4 is 11.1 Å². The summed E-state index contributed by atoms with van der Waals surface area (Å²) in [4.78, 5) is 14.5. The maximum Gasteiger partial charge on any atom is 0.217 e. The maximum atomic E-state index is 10.5. The molecular formula is C10H11N3O. The predicted octanol–water partition coefficient (Wildman–Crippen LogP) is 0.151. The molecule has 4 nitrogen and oxygen atoms in total. The Bertz CT molecular complexity index is 373. The van der Waals surface area contributed by atoms with Gasteiger partial charge < -0.3 is 11.1 Å². The third-order valence-electron chi connectivity index (χ3n) is 1.43. The van der Waals surface area contributed by atoms with Gasteiger partial charge in [-0.1, -0.05) is 5.92 Å². The fraction of sp³-hybridized carbons (Fsp3) is 0.200. The van der Waals surface area contributed by atoms with E-state index in [2.05, 4.69) is 22.1 Å². The van der Waals surface area contributed by atoms with E-state index in [1.54, 1.807) is 18.3 Å². The van der Waals surface area contributed by atoms with Crippen LogP contribution in [0.2, 0.25) is 0 Å². The predicted molar refractivity (Wildman–Crippen MR) is 54.2 cm³/mol. The third-order valence-corrected chi connectivity index (χ3v) is 1.43. The van der Waals surface area contributed by atoms with Crippen molar-refractivity contribution in [2.45, 2.75) is 6.92 Å². The molecule has 0 fully saturated rings. The van der Waals surface area contributed by atoms with Crippen molar-refractivity contribution >= 4 is 11.6 Å². The number of anilines is 1. The Kier molecular flexibility index (Phi) is 3.50. The Morgan fingerprint density at radius 2 is 2.43 bits per heavy atom. The summed E-state index contributed by atoms with van der Waals surface area (Å²) in [6.07, 6.45) is 1.54. The second-order valence-electron chi connectivity index (χ2n) is 2.69. The zero-order valence-electron chi connectivity index (χ0n) is 7.87. The number of aromatic nitrogens is 1. The van der Waals surface area contributed by atoms with E-state index in [1.165, 1.54) is 6.92 Å². The summed E-state index contributed by atoms with van der Waals surface area (Å²) >= 11 is 0. The Balaban J connectivity index is 2.51. The molecule has 0 aliphatic rings. The molecule has 0 aromatic carbocycles. The van der Waals surface area contributed by atoms with Crippen LogP contribution in [0.1, 0.15) is 12.6 Å². The molecular weight excluding hydrogens is 178 g/mol. The van der Waals surface area contributed by atoms with Crippen LogP contribution in [-0.4, -0.2) is 17.4 Å². The van der Waals surface area contributed by atoms with Gasteiger partial charge in [-0.05, 0) is 18.1 Å². The van der Waals surface area contributed by atoms with Gasteiger partial charge >= 0.3 is 0 Å². The van der Waals surface area contributed by atoms with Gasteiger partial charge in [0.1, 0.15) is 5.69 Å². The first-order chi connectivity index (χ1) is 6.68. The molecule has 1 amide bonds. The van der Waals surface area contributed by atoms with E-state index in [0.29, 0.717) is 17.9 Å². The molecule has 3 N–H and O–H groups in total. The topological polar surface area (TPSA) is 68.0 Å². The number of nitrogens with one attached hydrogen (secondary N) is 1. The van der Waals surface area contributed by atoms with E-state index in [4.69, 9.17) is 5.73 Å². The molecule has 72 valence electrons. The lowest BCUT2D eigenvalue weighted by Crippen LogP contribution is -2.19. The van der Waals surface area contributed by atoms with Crippen molar-refractivity contribution in [3.05, 3.63) is 24.0 Å². The average molecular weight is 189 g/mol. The van der Waals surface area contributed by atoms with Gasteiger partial charge in [-0.3, -0.25) is 4.79 Å². The second kappa shape index (κ2) is 4.87. The lowest BCUT2D eigenvalue weighted by atomic mass is 10.3. The van der Waals surface area contributed by atoms with Crippen molar-refractivity contribution in [3.63, 3.8) is 0 Å². The first kappa shape index (κ1) is 10.1. The molecule has 0 bridgehead atoms. The summed E-state index contributed by atoms with van der Waals surface area (Å²) in [5.41, 5.74) is 6.71. The highest BCUT2D eigenvalue weighted by Crippen LogP contribution is 1.98. The van der Waals surface area contributed by atoms with Gasteiger partial charge in [-0.25, -0.2) is 4.98 Å². The molecule has 4 heteroatoms.